The number of hydrogen-bond acceptors (Lipinski definition) is 5. The number of ether oxygens (including phenoxy) is 1. The summed E-state index contributed by atoms with van der Waals surface area (Å²) in [5, 5.41) is 3.99. The minimum absolute atomic E-state index is 0.0729. The summed E-state index contributed by atoms with van der Waals surface area (Å²) in [6.07, 6.45) is 0.822. The van der Waals surface area contributed by atoms with E-state index in [0.29, 0.717) is 12.3 Å². The number of carbonyl (C=O) groups excluding carboxylic acids is 1. The molecule has 2 heterocycles. The molecule has 6 nitrogen and oxygen atoms in total. The Morgan fingerprint density at radius 2 is 2.04 bits per heavy atom. The number of nitrogens with zero attached hydrogens (tertiary/aromatic N) is 2. The van der Waals surface area contributed by atoms with Crippen LogP contribution in [-0.4, -0.2) is 16.7 Å². The lowest BCUT2D eigenvalue weighted by Gasteiger charge is -2.39. The van der Waals surface area contributed by atoms with Crippen LogP contribution in [0.15, 0.2) is 22.7 Å². The van der Waals surface area contributed by atoms with Crippen molar-refractivity contribution in [1.82, 2.24) is 5.16 Å². The number of aromatic nitrogens is 1. The second-order valence-corrected chi connectivity index (χ2v) is 7.05. The smallest absolute Gasteiger partial charge is 0.271 e. The van der Waals surface area contributed by atoms with Gasteiger partial charge in [-0.05, 0) is 51.8 Å². The first-order valence-electron chi connectivity index (χ1n) is 8.57. The number of fused-ring (bicyclic) bond motifs is 1. The fraction of sp³-hybridized carbons (Fsp3) is 0.474. The number of carbonyl (C=O) groups is 1. The Morgan fingerprint density at radius 1 is 1.32 bits per heavy atom. The topological polar surface area (TPSA) is 81.6 Å². The Morgan fingerprint density at radius 3 is 2.64 bits per heavy atom. The van der Waals surface area contributed by atoms with Crippen molar-refractivity contribution in [2.45, 2.75) is 59.2 Å². The van der Waals surface area contributed by atoms with Gasteiger partial charge in [0.1, 0.15) is 11.5 Å². The number of hydrogen-bond donors (Lipinski definition) is 1. The molecule has 0 saturated carbocycles. The van der Waals surface area contributed by atoms with Gasteiger partial charge in [-0.25, -0.2) is 0 Å². The fourth-order valence-electron chi connectivity index (χ4n) is 3.09. The molecule has 6 heteroatoms. The number of nitrogens with two attached hydrogens (primary N) is 1. The van der Waals surface area contributed by atoms with Gasteiger partial charge in [-0.2, -0.15) is 0 Å². The van der Waals surface area contributed by atoms with Crippen LogP contribution < -0.4 is 15.4 Å². The van der Waals surface area contributed by atoms with Crippen LogP contribution in [0, 0.1) is 13.8 Å². The summed E-state index contributed by atoms with van der Waals surface area (Å²) in [5.74, 6) is 1.31. The van der Waals surface area contributed by atoms with E-state index < -0.39 is 5.60 Å². The van der Waals surface area contributed by atoms with Gasteiger partial charge in [0, 0.05) is 11.6 Å². The van der Waals surface area contributed by atoms with Gasteiger partial charge in [-0.3, -0.25) is 4.79 Å². The maximum Gasteiger partial charge on any atom is 0.271 e. The van der Waals surface area contributed by atoms with Crippen LogP contribution in [0.2, 0.25) is 0 Å². The molecule has 0 spiro atoms. The number of anilines is 1. The molecular weight excluding hydrogens is 318 g/mol. The molecule has 0 aliphatic carbocycles. The number of rotatable bonds is 4. The highest BCUT2D eigenvalue weighted by molar-refractivity contribution is 6.02. The van der Waals surface area contributed by atoms with Gasteiger partial charge in [0.15, 0.2) is 5.60 Å². The Hall–Kier alpha value is -2.34. The van der Waals surface area contributed by atoms with E-state index in [1.54, 1.807) is 18.7 Å². The molecule has 25 heavy (non-hydrogen) atoms. The molecule has 1 atom stereocenters. The van der Waals surface area contributed by atoms with Crippen LogP contribution in [0.5, 0.6) is 5.75 Å². The number of benzene rings is 1. The van der Waals surface area contributed by atoms with Gasteiger partial charge in [-0.1, -0.05) is 18.1 Å². The number of amides is 1. The summed E-state index contributed by atoms with van der Waals surface area (Å²) >= 11 is 0. The Labute approximate surface area is 147 Å². The van der Waals surface area contributed by atoms with Gasteiger partial charge in [0.2, 0.25) is 0 Å². The molecule has 1 aromatic carbocycles. The van der Waals surface area contributed by atoms with Crippen LogP contribution in [-0.2, 0) is 11.3 Å². The van der Waals surface area contributed by atoms with Crippen molar-refractivity contribution in [1.29, 1.82) is 0 Å². The highest BCUT2D eigenvalue weighted by atomic mass is 16.5. The highest BCUT2D eigenvalue weighted by Crippen LogP contribution is 2.40. The Kier molecular flexibility index (Phi) is 4.33. The van der Waals surface area contributed by atoms with Crippen molar-refractivity contribution in [3.05, 3.63) is 40.8 Å². The average Bonchev–Trinajstić information content (AvgIpc) is 2.89. The van der Waals surface area contributed by atoms with Crippen molar-refractivity contribution in [3.8, 4) is 5.75 Å². The lowest BCUT2D eigenvalue weighted by molar-refractivity contribution is -0.132. The Bertz CT molecular complexity index is 791. The van der Waals surface area contributed by atoms with Crippen LogP contribution >= 0.6 is 0 Å². The van der Waals surface area contributed by atoms with Gasteiger partial charge in [-0.15, -0.1) is 0 Å². The third-order valence-corrected chi connectivity index (χ3v) is 4.76. The number of aryl methyl sites for hydroxylation is 2. The lowest BCUT2D eigenvalue weighted by Crippen LogP contribution is -2.52. The first kappa shape index (κ1) is 17.5. The predicted molar refractivity (Wildman–Crippen MR) is 95.5 cm³/mol. The molecule has 0 bridgehead atoms. The molecule has 0 radical (unpaired) electrons. The summed E-state index contributed by atoms with van der Waals surface area (Å²) in [5.41, 5.74) is 8.68. The molecule has 0 saturated heterocycles. The third kappa shape index (κ3) is 3.02. The molecular formula is C19H25N3O3. The van der Waals surface area contributed by atoms with Crippen LogP contribution in [0.25, 0.3) is 0 Å². The molecule has 0 fully saturated rings. The molecule has 2 aromatic rings. The summed E-state index contributed by atoms with van der Waals surface area (Å²) < 4.78 is 11.2. The third-order valence-electron chi connectivity index (χ3n) is 4.76. The zero-order valence-corrected chi connectivity index (χ0v) is 15.4. The van der Waals surface area contributed by atoms with E-state index in [2.05, 4.69) is 5.16 Å². The van der Waals surface area contributed by atoms with E-state index in [1.807, 2.05) is 39.0 Å². The zero-order valence-electron chi connectivity index (χ0n) is 15.4. The molecule has 3 rings (SSSR count). The van der Waals surface area contributed by atoms with Gasteiger partial charge in [0.05, 0.1) is 17.9 Å². The molecule has 134 valence electrons. The SMILES string of the molecule is CCC(N)c1ccc2c(c1)N(Cc1c(C)noc1C)C(=O)C(C)(C)O2. The largest absolute Gasteiger partial charge is 0.476 e. The molecule has 2 N–H and O–H groups in total. The molecule has 1 aliphatic rings. The standard InChI is InChI=1S/C19H25N3O3/c1-6-15(20)13-7-8-17-16(9-13)22(18(23)19(4,5)24-17)10-14-11(2)21-25-12(14)3/h7-9,15H,6,10,20H2,1-5H3. The summed E-state index contributed by atoms with van der Waals surface area (Å²) in [6, 6.07) is 5.74. The minimum Gasteiger partial charge on any atom is -0.476 e. The van der Waals surface area contributed by atoms with E-state index in [0.717, 1.165) is 34.7 Å². The fourth-order valence-corrected chi connectivity index (χ4v) is 3.09. The van der Waals surface area contributed by atoms with E-state index >= 15 is 0 Å². The lowest BCUT2D eigenvalue weighted by atomic mass is 9.99. The van der Waals surface area contributed by atoms with E-state index in [9.17, 15) is 4.79 Å². The van der Waals surface area contributed by atoms with Crippen molar-refractivity contribution >= 4 is 11.6 Å². The van der Waals surface area contributed by atoms with E-state index in [4.69, 9.17) is 15.0 Å². The van der Waals surface area contributed by atoms with Crippen molar-refractivity contribution in [2.24, 2.45) is 5.73 Å². The predicted octanol–water partition coefficient (Wildman–Crippen LogP) is 3.41. The zero-order chi connectivity index (χ0) is 18.4. The van der Waals surface area contributed by atoms with Crippen molar-refractivity contribution in [3.63, 3.8) is 0 Å². The first-order chi connectivity index (χ1) is 11.7. The summed E-state index contributed by atoms with van der Waals surface area (Å²) in [6.45, 7) is 9.73. The minimum atomic E-state index is -0.930. The van der Waals surface area contributed by atoms with Crippen molar-refractivity contribution < 1.29 is 14.1 Å². The normalized spacial score (nSPS) is 17.2. The van der Waals surface area contributed by atoms with Crippen LogP contribution in [0.1, 0.15) is 55.8 Å². The highest BCUT2D eigenvalue weighted by Gasteiger charge is 2.41. The van der Waals surface area contributed by atoms with Gasteiger partial charge in [0.25, 0.3) is 5.91 Å². The van der Waals surface area contributed by atoms with Gasteiger partial charge < -0.3 is 19.9 Å². The maximum absolute atomic E-state index is 13.0. The maximum atomic E-state index is 13.0. The average molecular weight is 343 g/mol. The van der Waals surface area contributed by atoms with Crippen molar-refractivity contribution in [2.75, 3.05) is 4.90 Å². The van der Waals surface area contributed by atoms with Crippen LogP contribution in [0.3, 0.4) is 0 Å². The first-order valence-corrected chi connectivity index (χ1v) is 8.57. The Balaban J connectivity index is 2.08. The second-order valence-electron chi connectivity index (χ2n) is 7.05. The van der Waals surface area contributed by atoms with Gasteiger partial charge >= 0.3 is 0 Å². The molecule has 1 amide bonds. The summed E-state index contributed by atoms with van der Waals surface area (Å²) in [4.78, 5) is 14.8. The van der Waals surface area contributed by atoms with Crippen LogP contribution in [0.4, 0.5) is 5.69 Å². The second kappa shape index (κ2) is 6.19. The molecule has 1 aromatic heterocycles. The quantitative estimate of drug-likeness (QED) is 0.920. The molecule has 1 unspecified atom stereocenters. The van der Waals surface area contributed by atoms with E-state index in [1.165, 1.54) is 0 Å². The summed E-state index contributed by atoms with van der Waals surface area (Å²) in [7, 11) is 0. The molecule has 1 aliphatic heterocycles. The monoisotopic (exact) mass is 343 g/mol. The van der Waals surface area contributed by atoms with E-state index in [-0.39, 0.29) is 11.9 Å².